The van der Waals surface area contributed by atoms with E-state index in [0.717, 1.165) is 12.1 Å². The number of halogens is 3. The smallest absolute Gasteiger partial charge is 0.339 e. The molecule has 3 aromatic rings. The number of nitrogens with zero attached hydrogens (tertiary/aromatic N) is 2. The molecular formula is C17H13F3N4O2S. The molecule has 1 aromatic heterocycles. The molecule has 0 unspecified atom stereocenters. The second kappa shape index (κ2) is 7.23. The van der Waals surface area contributed by atoms with E-state index >= 15 is 0 Å². The average molecular weight is 394 g/mol. The summed E-state index contributed by atoms with van der Waals surface area (Å²) < 4.78 is 64.9. The van der Waals surface area contributed by atoms with Gasteiger partial charge in [-0.1, -0.05) is 24.3 Å². The van der Waals surface area contributed by atoms with Gasteiger partial charge in [0.2, 0.25) is 0 Å². The van der Waals surface area contributed by atoms with Gasteiger partial charge in [-0.15, -0.1) is 10.2 Å². The summed E-state index contributed by atoms with van der Waals surface area (Å²) in [5, 5.41) is 10.2. The van der Waals surface area contributed by atoms with Crippen molar-refractivity contribution in [2.75, 3.05) is 10.0 Å². The molecule has 0 spiro atoms. The highest BCUT2D eigenvalue weighted by Crippen LogP contribution is 2.31. The molecule has 0 aliphatic rings. The number of nitrogens with one attached hydrogen (secondary N) is 2. The lowest BCUT2D eigenvalue weighted by atomic mass is 10.2. The predicted molar refractivity (Wildman–Crippen MR) is 94.0 cm³/mol. The Kier molecular flexibility index (Phi) is 5.00. The summed E-state index contributed by atoms with van der Waals surface area (Å²) in [7, 11) is -3.80. The lowest BCUT2D eigenvalue weighted by Gasteiger charge is -2.10. The van der Waals surface area contributed by atoms with Crippen molar-refractivity contribution in [3.63, 3.8) is 0 Å². The number of anilines is 3. The number of alkyl halides is 3. The fourth-order valence-corrected chi connectivity index (χ4v) is 3.19. The SMILES string of the molecule is O=S(=O)(Nc1ccc(Nc2cccc(C(F)(F)F)c2)nn1)c1ccccc1. The highest BCUT2D eigenvalue weighted by Gasteiger charge is 2.30. The zero-order chi connectivity index (χ0) is 19.5. The largest absolute Gasteiger partial charge is 0.416 e. The molecule has 0 fully saturated rings. The highest BCUT2D eigenvalue weighted by atomic mass is 32.2. The van der Waals surface area contributed by atoms with Crippen LogP contribution in [0, 0.1) is 0 Å². The average Bonchev–Trinajstić information content (AvgIpc) is 2.63. The maximum absolute atomic E-state index is 12.7. The Labute approximate surface area is 153 Å². The monoisotopic (exact) mass is 394 g/mol. The van der Waals surface area contributed by atoms with Crippen LogP contribution in [-0.2, 0) is 16.2 Å². The van der Waals surface area contributed by atoms with E-state index in [1.54, 1.807) is 18.2 Å². The fourth-order valence-electron chi connectivity index (χ4n) is 2.17. The van der Waals surface area contributed by atoms with Crippen LogP contribution < -0.4 is 10.0 Å². The molecule has 0 atom stereocenters. The van der Waals surface area contributed by atoms with Crippen molar-refractivity contribution in [3.05, 3.63) is 72.3 Å². The Morgan fingerprint density at radius 1 is 0.815 bits per heavy atom. The van der Waals surface area contributed by atoms with Crippen molar-refractivity contribution < 1.29 is 21.6 Å². The molecule has 2 aromatic carbocycles. The second-order valence-electron chi connectivity index (χ2n) is 5.43. The molecule has 0 radical (unpaired) electrons. The summed E-state index contributed by atoms with van der Waals surface area (Å²) in [6.07, 6.45) is -4.46. The van der Waals surface area contributed by atoms with Gasteiger partial charge in [0.05, 0.1) is 10.5 Å². The molecule has 0 amide bonds. The van der Waals surface area contributed by atoms with Gasteiger partial charge >= 0.3 is 6.18 Å². The quantitative estimate of drug-likeness (QED) is 0.682. The minimum Gasteiger partial charge on any atom is -0.339 e. The topological polar surface area (TPSA) is 84.0 Å². The van der Waals surface area contributed by atoms with Crippen molar-refractivity contribution >= 4 is 27.3 Å². The normalized spacial score (nSPS) is 11.8. The molecule has 1 heterocycles. The Bertz CT molecular complexity index is 1020. The van der Waals surface area contributed by atoms with Crippen molar-refractivity contribution in [1.82, 2.24) is 10.2 Å². The zero-order valence-corrected chi connectivity index (χ0v) is 14.4. The van der Waals surface area contributed by atoms with E-state index in [9.17, 15) is 21.6 Å². The molecule has 0 aliphatic carbocycles. The molecule has 6 nitrogen and oxygen atoms in total. The van der Waals surface area contributed by atoms with Crippen molar-refractivity contribution in [1.29, 1.82) is 0 Å². The lowest BCUT2D eigenvalue weighted by Crippen LogP contribution is -2.14. The minimum absolute atomic E-state index is 0.0200. The number of hydrogen-bond acceptors (Lipinski definition) is 5. The van der Waals surface area contributed by atoms with E-state index < -0.39 is 21.8 Å². The Hall–Kier alpha value is -3.14. The van der Waals surface area contributed by atoms with Crippen LogP contribution in [0.4, 0.5) is 30.5 Å². The summed E-state index contributed by atoms with van der Waals surface area (Å²) in [6, 6.07) is 15.1. The maximum atomic E-state index is 12.7. The van der Waals surface area contributed by atoms with Crippen LogP contribution in [0.2, 0.25) is 0 Å². The second-order valence-corrected chi connectivity index (χ2v) is 7.11. The van der Waals surface area contributed by atoms with Crippen molar-refractivity contribution in [2.45, 2.75) is 11.1 Å². The first-order chi connectivity index (χ1) is 12.7. The van der Waals surface area contributed by atoms with Crippen LogP contribution in [0.3, 0.4) is 0 Å². The lowest BCUT2D eigenvalue weighted by molar-refractivity contribution is -0.137. The number of aromatic nitrogens is 2. The van der Waals surface area contributed by atoms with E-state index in [2.05, 4.69) is 20.2 Å². The van der Waals surface area contributed by atoms with Gasteiger partial charge in [-0.2, -0.15) is 13.2 Å². The van der Waals surface area contributed by atoms with Gasteiger partial charge in [0.15, 0.2) is 11.6 Å². The first-order valence-corrected chi connectivity index (χ1v) is 9.08. The summed E-state index contributed by atoms with van der Waals surface area (Å²) in [6.45, 7) is 0. The molecule has 10 heteroatoms. The van der Waals surface area contributed by atoms with Gasteiger partial charge in [-0.25, -0.2) is 8.42 Å². The number of benzene rings is 2. The third-order valence-corrected chi connectivity index (χ3v) is 4.79. The Morgan fingerprint density at radius 3 is 2.11 bits per heavy atom. The van der Waals surface area contributed by atoms with Crippen LogP contribution in [0.1, 0.15) is 5.56 Å². The molecule has 0 saturated carbocycles. The number of hydrogen-bond donors (Lipinski definition) is 2. The standard InChI is InChI=1S/C17H13F3N4O2S/c18-17(19,20)12-5-4-6-13(11-12)21-15-9-10-16(23-22-15)24-27(25,26)14-7-2-1-3-8-14/h1-11H,(H,21,22)(H,23,24). The third-order valence-electron chi connectivity index (χ3n) is 3.42. The molecule has 27 heavy (non-hydrogen) atoms. The number of rotatable bonds is 5. The van der Waals surface area contributed by atoms with Gasteiger partial charge in [0.25, 0.3) is 10.0 Å². The molecular weight excluding hydrogens is 381 g/mol. The van der Waals surface area contributed by atoms with Crippen molar-refractivity contribution in [2.24, 2.45) is 0 Å². The van der Waals surface area contributed by atoms with Crippen LogP contribution >= 0.6 is 0 Å². The van der Waals surface area contributed by atoms with Crippen LogP contribution in [-0.4, -0.2) is 18.6 Å². The molecule has 0 aliphatic heterocycles. The van der Waals surface area contributed by atoms with Crippen molar-refractivity contribution in [3.8, 4) is 0 Å². The van der Waals surface area contributed by atoms with Gasteiger partial charge in [0.1, 0.15) is 0 Å². The third kappa shape index (κ3) is 4.73. The minimum atomic E-state index is -4.46. The summed E-state index contributed by atoms with van der Waals surface area (Å²) in [5.41, 5.74) is -0.621. The summed E-state index contributed by atoms with van der Waals surface area (Å²) >= 11 is 0. The van der Waals surface area contributed by atoms with E-state index in [1.807, 2.05) is 0 Å². The van der Waals surface area contributed by atoms with E-state index in [4.69, 9.17) is 0 Å². The summed E-state index contributed by atoms with van der Waals surface area (Å²) in [5.74, 6) is 0.144. The Morgan fingerprint density at radius 2 is 1.48 bits per heavy atom. The Balaban J connectivity index is 1.73. The maximum Gasteiger partial charge on any atom is 0.416 e. The van der Waals surface area contributed by atoms with Gasteiger partial charge < -0.3 is 5.32 Å². The molecule has 0 bridgehead atoms. The van der Waals surface area contributed by atoms with Gasteiger partial charge in [-0.05, 0) is 42.5 Å². The highest BCUT2D eigenvalue weighted by molar-refractivity contribution is 7.92. The van der Waals surface area contributed by atoms with Gasteiger partial charge in [0, 0.05) is 5.69 Å². The van der Waals surface area contributed by atoms with E-state index in [0.29, 0.717) is 0 Å². The van der Waals surface area contributed by atoms with Crippen LogP contribution in [0.5, 0.6) is 0 Å². The summed E-state index contributed by atoms with van der Waals surface area (Å²) in [4.78, 5) is 0.0676. The number of sulfonamides is 1. The van der Waals surface area contributed by atoms with Gasteiger partial charge in [-0.3, -0.25) is 4.72 Å². The first kappa shape index (κ1) is 18.6. The zero-order valence-electron chi connectivity index (χ0n) is 13.6. The molecule has 140 valence electrons. The molecule has 3 rings (SSSR count). The van der Waals surface area contributed by atoms with E-state index in [1.165, 1.54) is 36.4 Å². The molecule has 2 N–H and O–H groups in total. The van der Waals surface area contributed by atoms with E-state index in [-0.39, 0.29) is 22.2 Å². The van der Waals surface area contributed by atoms with Crippen LogP contribution in [0.15, 0.2) is 71.6 Å². The first-order valence-electron chi connectivity index (χ1n) is 7.60. The van der Waals surface area contributed by atoms with Crippen LogP contribution in [0.25, 0.3) is 0 Å². The molecule has 0 saturated heterocycles. The fraction of sp³-hybridized carbons (Fsp3) is 0.0588. The predicted octanol–water partition coefficient (Wildman–Crippen LogP) is 4.04.